The van der Waals surface area contributed by atoms with Crippen molar-refractivity contribution in [1.82, 2.24) is 4.90 Å². The van der Waals surface area contributed by atoms with E-state index in [1.54, 1.807) is 0 Å². The largest absolute Gasteiger partial charge is 0.332 e. The number of hydrogen-bond donors (Lipinski definition) is 0. The molecule has 0 aromatic rings. The van der Waals surface area contributed by atoms with Gasteiger partial charge in [-0.1, -0.05) is 0 Å². The van der Waals surface area contributed by atoms with Crippen molar-refractivity contribution in [2.24, 2.45) is 0 Å². The minimum Gasteiger partial charge on any atom is -0.332 e. The molecule has 1 fully saturated rings. The third kappa shape index (κ3) is 2.10. The van der Waals surface area contributed by atoms with Crippen LogP contribution in [0, 0.1) is 12.0 Å². The number of likely N-dealkylation sites (tertiary alicyclic amines) is 1. The monoisotopic (exact) mass is 137 g/mol. The van der Waals surface area contributed by atoms with Gasteiger partial charge in [0.1, 0.15) is 0 Å². The van der Waals surface area contributed by atoms with Gasteiger partial charge in [-0.05, 0) is 25.2 Å². The number of carbonyl (C=O) groups is 1. The summed E-state index contributed by atoms with van der Waals surface area (Å²) in [5.74, 6) is 2.41. The standard InChI is InChI=1S/C8H11NO/c10-8-4-7-9-5-2-1-3-6-9/h8H,1-3,5-6H2. The number of aldehydes is 1. The van der Waals surface area contributed by atoms with E-state index in [1.807, 2.05) is 4.90 Å². The molecule has 0 spiro atoms. The molecule has 0 amide bonds. The molecular formula is C8H11NO. The maximum Gasteiger partial charge on any atom is 0.194 e. The van der Waals surface area contributed by atoms with E-state index >= 15 is 0 Å². The Kier molecular flexibility index (Phi) is 2.82. The highest BCUT2D eigenvalue weighted by molar-refractivity contribution is 5.72. The van der Waals surface area contributed by atoms with Crippen LogP contribution in [-0.4, -0.2) is 24.3 Å². The van der Waals surface area contributed by atoms with Crippen LogP contribution in [0.5, 0.6) is 0 Å². The van der Waals surface area contributed by atoms with Crippen molar-refractivity contribution in [3.05, 3.63) is 0 Å². The lowest BCUT2D eigenvalue weighted by molar-refractivity contribution is -0.103. The molecule has 0 aromatic carbocycles. The van der Waals surface area contributed by atoms with E-state index in [-0.39, 0.29) is 0 Å². The second kappa shape index (κ2) is 3.94. The fourth-order valence-corrected chi connectivity index (χ4v) is 1.12. The summed E-state index contributed by atoms with van der Waals surface area (Å²) < 4.78 is 0. The van der Waals surface area contributed by atoms with E-state index in [4.69, 9.17) is 0 Å². The molecule has 54 valence electrons. The summed E-state index contributed by atoms with van der Waals surface area (Å²) in [5, 5.41) is 0. The van der Waals surface area contributed by atoms with Gasteiger partial charge in [0, 0.05) is 19.1 Å². The van der Waals surface area contributed by atoms with E-state index in [2.05, 4.69) is 12.0 Å². The van der Waals surface area contributed by atoms with E-state index in [9.17, 15) is 4.79 Å². The average molecular weight is 137 g/mol. The maximum absolute atomic E-state index is 9.85. The number of nitrogens with zero attached hydrogens (tertiary/aromatic N) is 1. The molecule has 0 saturated carbocycles. The van der Waals surface area contributed by atoms with E-state index < -0.39 is 0 Å². The van der Waals surface area contributed by atoms with Crippen LogP contribution in [0.15, 0.2) is 0 Å². The van der Waals surface area contributed by atoms with Gasteiger partial charge in [0.25, 0.3) is 0 Å². The van der Waals surface area contributed by atoms with Crippen molar-refractivity contribution < 1.29 is 4.79 Å². The topological polar surface area (TPSA) is 20.3 Å². The van der Waals surface area contributed by atoms with Crippen LogP contribution < -0.4 is 0 Å². The summed E-state index contributed by atoms with van der Waals surface area (Å²) in [7, 11) is 0. The lowest BCUT2D eigenvalue weighted by Crippen LogP contribution is -2.24. The molecule has 0 N–H and O–H groups in total. The Morgan fingerprint density at radius 2 is 1.90 bits per heavy atom. The fraction of sp³-hybridized carbons (Fsp3) is 0.625. The Morgan fingerprint density at radius 1 is 1.20 bits per heavy atom. The summed E-state index contributed by atoms with van der Waals surface area (Å²) in [4.78, 5) is 11.9. The Hall–Kier alpha value is -0.970. The molecule has 0 radical (unpaired) electrons. The van der Waals surface area contributed by atoms with Gasteiger partial charge in [-0.2, -0.15) is 0 Å². The number of piperidine rings is 1. The Bertz CT molecular complexity index is 160. The maximum atomic E-state index is 9.85. The van der Waals surface area contributed by atoms with Crippen LogP contribution in [0.25, 0.3) is 0 Å². The SMILES string of the molecule is O=CC#CN1CCCCC1. The molecule has 1 saturated heterocycles. The zero-order chi connectivity index (χ0) is 7.23. The van der Waals surface area contributed by atoms with Gasteiger partial charge >= 0.3 is 0 Å². The van der Waals surface area contributed by atoms with Gasteiger partial charge in [0.05, 0.1) is 0 Å². The molecule has 0 atom stereocenters. The molecular weight excluding hydrogens is 126 g/mol. The van der Waals surface area contributed by atoms with Crippen molar-refractivity contribution in [2.45, 2.75) is 19.3 Å². The third-order valence-corrected chi connectivity index (χ3v) is 1.64. The number of rotatable bonds is 0. The molecule has 10 heavy (non-hydrogen) atoms. The molecule has 2 heteroatoms. The highest BCUT2D eigenvalue weighted by atomic mass is 16.1. The number of hydrogen-bond acceptors (Lipinski definition) is 2. The van der Waals surface area contributed by atoms with Gasteiger partial charge in [-0.3, -0.25) is 4.79 Å². The van der Waals surface area contributed by atoms with Crippen molar-refractivity contribution >= 4 is 6.29 Å². The molecule has 0 unspecified atom stereocenters. The lowest BCUT2D eigenvalue weighted by atomic mass is 10.1. The van der Waals surface area contributed by atoms with Crippen LogP contribution >= 0.6 is 0 Å². The zero-order valence-electron chi connectivity index (χ0n) is 5.97. The summed E-state index contributed by atoms with van der Waals surface area (Å²) in [6, 6.07) is 2.79. The van der Waals surface area contributed by atoms with E-state index in [0.717, 1.165) is 13.1 Å². The molecule has 2 nitrogen and oxygen atoms in total. The van der Waals surface area contributed by atoms with Crippen LogP contribution in [0.4, 0.5) is 0 Å². The summed E-state index contributed by atoms with van der Waals surface area (Å²) in [5.41, 5.74) is 0. The van der Waals surface area contributed by atoms with Crippen molar-refractivity contribution in [3.8, 4) is 12.0 Å². The predicted octanol–water partition coefficient (Wildman–Crippen LogP) is 0.632. The minimum absolute atomic E-state index is 0.647. The highest BCUT2D eigenvalue weighted by Gasteiger charge is 2.04. The second-order valence-electron chi connectivity index (χ2n) is 2.42. The Labute approximate surface area is 61.2 Å². The summed E-state index contributed by atoms with van der Waals surface area (Å²) in [6.07, 6.45) is 4.38. The van der Waals surface area contributed by atoms with Gasteiger partial charge in [0.15, 0.2) is 6.29 Å². The molecule has 0 bridgehead atoms. The first kappa shape index (κ1) is 7.14. The summed E-state index contributed by atoms with van der Waals surface area (Å²) >= 11 is 0. The quantitative estimate of drug-likeness (QED) is 0.360. The first-order chi connectivity index (χ1) is 4.93. The lowest BCUT2D eigenvalue weighted by Gasteiger charge is -2.21. The van der Waals surface area contributed by atoms with Crippen LogP contribution in [0.1, 0.15) is 19.3 Å². The highest BCUT2D eigenvalue weighted by Crippen LogP contribution is 2.06. The second-order valence-corrected chi connectivity index (χ2v) is 2.42. The molecule has 0 aromatic heterocycles. The predicted molar refractivity (Wildman–Crippen MR) is 39.3 cm³/mol. The van der Waals surface area contributed by atoms with Crippen LogP contribution in [0.2, 0.25) is 0 Å². The molecule has 1 rings (SSSR count). The third-order valence-electron chi connectivity index (χ3n) is 1.64. The van der Waals surface area contributed by atoms with Crippen LogP contribution in [0.3, 0.4) is 0 Å². The number of carbonyl (C=O) groups excluding carboxylic acids is 1. The van der Waals surface area contributed by atoms with Crippen molar-refractivity contribution in [3.63, 3.8) is 0 Å². The van der Waals surface area contributed by atoms with Gasteiger partial charge < -0.3 is 4.90 Å². The van der Waals surface area contributed by atoms with Gasteiger partial charge in [0.2, 0.25) is 0 Å². The average Bonchev–Trinajstić information content (AvgIpc) is 2.03. The Balaban J connectivity index is 2.32. The van der Waals surface area contributed by atoms with Crippen LogP contribution in [-0.2, 0) is 4.79 Å². The molecule has 0 aliphatic carbocycles. The van der Waals surface area contributed by atoms with E-state index in [1.165, 1.54) is 19.3 Å². The molecule has 1 aliphatic rings. The minimum atomic E-state index is 0.647. The normalized spacial score (nSPS) is 17.4. The Morgan fingerprint density at radius 3 is 2.50 bits per heavy atom. The zero-order valence-corrected chi connectivity index (χ0v) is 5.97. The molecule has 1 aliphatic heterocycles. The fourth-order valence-electron chi connectivity index (χ4n) is 1.12. The van der Waals surface area contributed by atoms with E-state index in [0.29, 0.717) is 6.29 Å². The first-order valence-corrected chi connectivity index (χ1v) is 3.63. The first-order valence-electron chi connectivity index (χ1n) is 3.63. The van der Waals surface area contributed by atoms with Crippen molar-refractivity contribution in [1.29, 1.82) is 0 Å². The smallest absolute Gasteiger partial charge is 0.194 e. The van der Waals surface area contributed by atoms with Gasteiger partial charge in [-0.15, -0.1) is 0 Å². The van der Waals surface area contributed by atoms with Gasteiger partial charge in [-0.25, -0.2) is 0 Å². The van der Waals surface area contributed by atoms with Crippen molar-refractivity contribution in [2.75, 3.05) is 13.1 Å². The summed E-state index contributed by atoms with van der Waals surface area (Å²) in [6.45, 7) is 2.06. The molecule has 1 heterocycles.